The SMILES string of the molecule is CCc1ccccc1NCC1(F)CCCC1. The molecule has 0 aromatic heterocycles. The number of aryl methyl sites for hydroxylation is 1. The fourth-order valence-corrected chi connectivity index (χ4v) is 2.44. The van der Waals surface area contributed by atoms with Crippen molar-refractivity contribution in [1.29, 1.82) is 0 Å². The lowest BCUT2D eigenvalue weighted by atomic mass is 10.0. The third-order valence-corrected chi connectivity index (χ3v) is 3.49. The number of para-hydroxylation sites is 1. The van der Waals surface area contributed by atoms with Crippen molar-refractivity contribution in [1.82, 2.24) is 0 Å². The summed E-state index contributed by atoms with van der Waals surface area (Å²) in [5, 5.41) is 3.27. The first-order valence-electron chi connectivity index (χ1n) is 6.24. The van der Waals surface area contributed by atoms with Crippen molar-refractivity contribution >= 4 is 5.69 Å². The Hall–Kier alpha value is -1.05. The first-order chi connectivity index (χ1) is 7.73. The van der Waals surface area contributed by atoms with Crippen molar-refractivity contribution in [2.24, 2.45) is 0 Å². The summed E-state index contributed by atoms with van der Waals surface area (Å²) in [4.78, 5) is 0. The van der Waals surface area contributed by atoms with Crippen LogP contribution in [-0.2, 0) is 6.42 Å². The third-order valence-electron chi connectivity index (χ3n) is 3.49. The number of anilines is 1. The minimum Gasteiger partial charge on any atom is -0.382 e. The number of benzene rings is 1. The fraction of sp³-hybridized carbons (Fsp3) is 0.571. The lowest BCUT2D eigenvalue weighted by Gasteiger charge is -2.21. The molecule has 0 amide bonds. The quantitative estimate of drug-likeness (QED) is 0.812. The molecule has 0 saturated heterocycles. The molecule has 0 heterocycles. The fourth-order valence-electron chi connectivity index (χ4n) is 2.44. The summed E-state index contributed by atoms with van der Waals surface area (Å²) in [6.07, 6.45) is 4.49. The van der Waals surface area contributed by atoms with E-state index in [2.05, 4.69) is 18.3 Å². The van der Waals surface area contributed by atoms with Gasteiger partial charge < -0.3 is 5.32 Å². The predicted octanol–water partition coefficient (Wildman–Crippen LogP) is 3.94. The van der Waals surface area contributed by atoms with Gasteiger partial charge in [-0.2, -0.15) is 0 Å². The van der Waals surface area contributed by atoms with E-state index >= 15 is 0 Å². The van der Waals surface area contributed by atoms with Crippen LogP contribution in [0.3, 0.4) is 0 Å². The molecule has 0 bridgehead atoms. The zero-order chi connectivity index (χ0) is 11.4. The highest BCUT2D eigenvalue weighted by atomic mass is 19.1. The van der Waals surface area contributed by atoms with Crippen LogP contribution < -0.4 is 5.32 Å². The van der Waals surface area contributed by atoms with Crippen LogP contribution in [0.1, 0.15) is 38.2 Å². The molecule has 0 unspecified atom stereocenters. The summed E-state index contributed by atoms with van der Waals surface area (Å²) in [5.74, 6) is 0. The summed E-state index contributed by atoms with van der Waals surface area (Å²) >= 11 is 0. The summed E-state index contributed by atoms with van der Waals surface area (Å²) in [5.41, 5.74) is 1.39. The van der Waals surface area contributed by atoms with Crippen molar-refractivity contribution < 1.29 is 4.39 Å². The van der Waals surface area contributed by atoms with E-state index in [0.717, 1.165) is 24.9 Å². The maximum atomic E-state index is 14.2. The molecule has 0 radical (unpaired) electrons. The molecule has 16 heavy (non-hydrogen) atoms. The third kappa shape index (κ3) is 2.55. The molecule has 1 aromatic carbocycles. The molecule has 1 aromatic rings. The Kier molecular flexibility index (Phi) is 3.47. The van der Waals surface area contributed by atoms with E-state index in [0.29, 0.717) is 19.4 Å². The molecule has 0 aliphatic heterocycles. The van der Waals surface area contributed by atoms with E-state index in [1.165, 1.54) is 5.56 Å². The van der Waals surface area contributed by atoms with Gasteiger partial charge in [0.1, 0.15) is 5.67 Å². The van der Waals surface area contributed by atoms with Gasteiger partial charge in [-0.05, 0) is 30.9 Å². The van der Waals surface area contributed by atoms with Crippen molar-refractivity contribution in [3.8, 4) is 0 Å². The largest absolute Gasteiger partial charge is 0.382 e. The molecule has 2 heteroatoms. The van der Waals surface area contributed by atoms with E-state index < -0.39 is 5.67 Å². The molecule has 88 valence electrons. The van der Waals surface area contributed by atoms with Crippen LogP contribution in [0.2, 0.25) is 0 Å². The van der Waals surface area contributed by atoms with Gasteiger partial charge in [-0.15, -0.1) is 0 Å². The van der Waals surface area contributed by atoms with Crippen molar-refractivity contribution in [2.75, 3.05) is 11.9 Å². The minimum absolute atomic E-state index is 0.462. The van der Waals surface area contributed by atoms with Crippen LogP contribution >= 0.6 is 0 Å². The molecule has 1 fully saturated rings. The van der Waals surface area contributed by atoms with E-state index in [1.54, 1.807) is 0 Å². The standard InChI is InChI=1S/C14H20FN/c1-2-12-7-3-4-8-13(12)16-11-14(15)9-5-6-10-14/h3-4,7-8,16H,2,5-6,9-11H2,1H3. The van der Waals surface area contributed by atoms with Gasteiger partial charge in [-0.25, -0.2) is 4.39 Å². The average Bonchev–Trinajstić information content (AvgIpc) is 2.74. The Bertz CT molecular complexity index is 342. The summed E-state index contributed by atoms with van der Waals surface area (Å²) in [7, 11) is 0. The number of halogens is 1. The highest BCUT2D eigenvalue weighted by Gasteiger charge is 2.33. The summed E-state index contributed by atoms with van der Waals surface area (Å²) in [6, 6.07) is 8.17. The lowest BCUT2D eigenvalue weighted by Crippen LogP contribution is -2.28. The zero-order valence-corrected chi connectivity index (χ0v) is 9.93. The van der Waals surface area contributed by atoms with Crippen molar-refractivity contribution in [3.63, 3.8) is 0 Å². The van der Waals surface area contributed by atoms with Crippen LogP contribution in [0, 0.1) is 0 Å². The number of nitrogens with one attached hydrogen (secondary N) is 1. The van der Waals surface area contributed by atoms with Crippen LogP contribution in [0.4, 0.5) is 10.1 Å². The smallest absolute Gasteiger partial charge is 0.128 e. The molecular formula is C14H20FN. The van der Waals surface area contributed by atoms with Gasteiger partial charge in [0.05, 0.1) is 0 Å². The molecule has 1 N–H and O–H groups in total. The second-order valence-corrected chi connectivity index (χ2v) is 4.72. The Morgan fingerprint density at radius 1 is 1.25 bits per heavy atom. The first kappa shape index (κ1) is 11.4. The highest BCUT2D eigenvalue weighted by Crippen LogP contribution is 2.33. The van der Waals surface area contributed by atoms with E-state index in [-0.39, 0.29) is 0 Å². The Labute approximate surface area is 97.1 Å². The van der Waals surface area contributed by atoms with Gasteiger partial charge in [-0.1, -0.05) is 38.0 Å². The van der Waals surface area contributed by atoms with Gasteiger partial charge in [0.15, 0.2) is 0 Å². The van der Waals surface area contributed by atoms with Gasteiger partial charge in [0.25, 0.3) is 0 Å². The Balaban J connectivity index is 1.98. The van der Waals surface area contributed by atoms with Gasteiger partial charge >= 0.3 is 0 Å². The van der Waals surface area contributed by atoms with Gasteiger partial charge in [-0.3, -0.25) is 0 Å². The van der Waals surface area contributed by atoms with Crippen molar-refractivity contribution in [3.05, 3.63) is 29.8 Å². The number of rotatable bonds is 4. The molecule has 1 aliphatic carbocycles. The maximum absolute atomic E-state index is 14.2. The molecule has 0 spiro atoms. The Morgan fingerprint density at radius 3 is 2.62 bits per heavy atom. The molecule has 1 nitrogen and oxygen atoms in total. The number of hydrogen-bond donors (Lipinski definition) is 1. The number of hydrogen-bond acceptors (Lipinski definition) is 1. The van der Waals surface area contributed by atoms with Gasteiger partial charge in [0, 0.05) is 12.2 Å². The lowest BCUT2D eigenvalue weighted by molar-refractivity contribution is 0.190. The second-order valence-electron chi connectivity index (χ2n) is 4.72. The molecular weight excluding hydrogens is 201 g/mol. The van der Waals surface area contributed by atoms with Gasteiger partial charge in [0.2, 0.25) is 0 Å². The summed E-state index contributed by atoms with van der Waals surface area (Å²) in [6.45, 7) is 2.59. The van der Waals surface area contributed by atoms with E-state index in [4.69, 9.17) is 0 Å². The van der Waals surface area contributed by atoms with Crippen LogP contribution in [0.5, 0.6) is 0 Å². The highest BCUT2D eigenvalue weighted by molar-refractivity contribution is 5.51. The maximum Gasteiger partial charge on any atom is 0.128 e. The van der Waals surface area contributed by atoms with Crippen LogP contribution in [0.15, 0.2) is 24.3 Å². The minimum atomic E-state index is -0.971. The molecule has 1 saturated carbocycles. The normalized spacial score (nSPS) is 18.6. The summed E-state index contributed by atoms with van der Waals surface area (Å²) < 4.78 is 14.2. The monoisotopic (exact) mass is 221 g/mol. The van der Waals surface area contributed by atoms with E-state index in [1.807, 2.05) is 18.2 Å². The number of alkyl halides is 1. The average molecular weight is 221 g/mol. The predicted molar refractivity (Wildman–Crippen MR) is 66.6 cm³/mol. The molecule has 0 atom stereocenters. The zero-order valence-electron chi connectivity index (χ0n) is 9.93. The van der Waals surface area contributed by atoms with E-state index in [9.17, 15) is 4.39 Å². The first-order valence-corrected chi connectivity index (χ1v) is 6.24. The topological polar surface area (TPSA) is 12.0 Å². The van der Waals surface area contributed by atoms with Crippen molar-refractivity contribution in [2.45, 2.75) is 44.7 Å². The Morgan fingerprint density at radius 2 is 1.94 bits per heavy atom. The molecule has 2 rings (SSSR count). The van der Waals surface area contributed by atoms with Crippen LogP contribution in [-0.4, -0.2) is 12.2 Å². The second kappa shape index (κ2) is 4.86. The van der Waals surface area contributed by atoms with Crippen LogP contribution in [0.25, 0.3) is 0 Å². The molecule has 1 aliphatic rings.